The quantitative estimate of drug-likeness (QED) is 0.780. The summed E-state index contributed by atoms with van der Waals surface area (Å²) in [5.41, 5.74) is 1.43. The summed E-state index contributed by atoms with van der Waals surface area (Å²) in [6, 6.07) is 9.52. The highest BCUT2D eigenvalue weighted by Gasteiger charge is 2.06. The molecule has 2 rings (SSSR count). The Morgan fingerprint density at radius 2 is 2.00 bits per heavy atom. The highest BCUT2D eigenvalue weighted by Crippen LogP contribution is 2.28. The minimum absolute atomic E-state index is 0.167. The third kappa shape index (κ3) is 2.76. The maximum Gasteiger partial charge on any atom is 0.165 e. The Labute approximate surface area is 113 Å². The predicted octanol–water partition coefficient (Wildman–Crippen LogP) is 4.50. The summed E-state index contributed by atoms with van der Waals surface area (Å²) >= 11 is 3.25. The molecule has 0 radical (unpaired) electrons. The average molecular weight is 309 g/mol. The lowest BCUT2D eigenvalue weighted by Crippen LogP contribution is -1.90. The van der Waals surface area contributed by atoms with Gasteiger partial charge in [-0.15, -0.1) is 0 Å². The Morgan fingerprint density at radius 3 is 2.67 bits per heavy atom. The molecule has 0 aliphatic rings. The molecule has 0 spiro atoms. The third-order valence-corrected chi connectivity index (χ3v) is 3.10. The zero-order valence-corrected chi connectivity index (χ0v) is 11.2. The van der Waals surface area contributed by atoms with Crippen LogP contribution in [0.2, 0.25) is 0 Å². The van der Waals surface area contributed by atoms with Crippen molar-refractivity contribution in [2.75, 3.05) is 0 Å². The fraction of sp³-hybridized carbons (Fsp3) is 0.0714. The van der Waals surface area contributed by atoms with Gasteiger partial charge in [0.25, 0.3) is 0 Å². The number of aldehydes is 1. The fourth-order valence-electron chi connectivity index (χ4n) is 1.48. The van der Waals surface area contributed by atoms with Gasteiger partial charge in [0.15, 0.2) is 17.9 Å². The monoisotopic (exact) mass is 308 g/mol. The Bertz CT molecular complexity index is 596. The Balaban J connectivity index is 2.31. The first kappa shape index (κ1) is 12.8. The average Bonchev–Trinajstić information content (AvgIpc) is 2.34. The molecule has 0 aliphatic heterocycles. The van der Waals surface area contributed by atoms with E-state index in [0.717, 1.165) is 11.8 Å². The van der Waals surface area contributed by atoms with E-state index in [2.05, 4.69) is 15.9 Å². The second kappa shape index (κ2) is 5.31. The number of carbonyl (C=O) groups excluding carboxylic acids is 1. The fourth-order valence-corrected chi connectivity index (χ4v) is 1.93. The van der Waals surface area contributed by atoms with E-state index in [-0.39, 0.29) is 5.75 Å². The zero-order chi connectivity index (χ0) is 13.1. The number of benzene rings is 2. The van der Waals surface area contributed by atoms with Crippen LogP contribution >= 0.6 is 15.9 Å². The van der Waals surface area contributed by atoms with Crippen molar-refractivity contribution in [3.8, 4) is 11.5 Å². The van der Waals surface area contributed by atoms with Crippen LogP contribution in [0, 0.1) is 12.7 Å². The summed E-state index contributed by atoms with van der Waals surface area (Å²) in [5.74, 6) is 0.217. The second-order valence-corrected chi connectivity index (χ2v) is 4.69. The van der Waals surface area contributed by atoms with E-state index >= 15 is 0 Å². The van der Waals surface area contributed by atoms with Gasteiger partial charge in [-0.05, 0) is 58.7 Å². The van der Waals surface area contributed by atoms with E-state index in [1.165, 1.54) is 6.07 Å². The van der Waals surface area contributed by atoms with E-state index < -0.39 is 5.82 Å². The molecule has 0 aromatic heterocycles. The molecular weight excluding hydrogens is 299 g/mol. The minimum Gasteiger partial charge on any atom is -0.454 e. The van der Waals surface area contributed by atoms with E-state index in [4.69, 9.17) is 4.74 Å². The number of aryl methyl sites for hydroxylation is 1. The van der Waals surface area contributed by atoms with Crippen molar-refractivity contribution in [3.05, 3.63) is 57.8 Å². The van der Waals surface area contributed by atoms with Crippen LogP contribution < -0.4 is 4.74 Å². The van der Waals surface area contributed by atoms with Gasteiger partial charge in [0.2, 0.25) is 0 Å². The van der Waals surface area contributed by atoms with Crippen LogP contribution in [0.5, 0.6) is 11.5 Å². The van der Waals surface area contributed by atoms with Crippen molar-refractivity contribution in [1.29, 1.82) is 0 Å². The van der Waals surface area contributed by atoms with E-state index in [1.54, 1.807) is 30.3 Å². The van der Waals surface area contributed by atoms with Crippen LogP contribution in [0.1, 0.15) is 15.9 Å². The topological polar surface area (TPSA) is 26.3 Å². The highest BCUT2D eigenvalue weighted by atomic mass is 79.9. The number of rotatable bonds is 3. The first-order valence-electron chi connectivity index (χ1n) is 5.29. The highest BCUT2D eigenvalue weighted by molar-refractivity contribution is 9.10. The van der Waals surface area contributed by atoms with Crippen LogP contribution in [0.3, 0.4) is 0 Å². The second-order valence-electron chi connectivity index (χ2n) is 3.84. The molecule has 0 unspecified atom stereocenters. The Morgan fingerprint density at radius 1 is 1.22 bits per heavy atom. The molecule has 4 heteroatoms. The summed E-state index contributed by atoms with van der Waals surface area (Å²) in [7, 11) is 0. The zero-order valence-electron chi connectivity index (χ0n) is 9.61. The van der Waals surface area contributed by atoms with Crippen LogP contribution in [-0.4, -0.2) is 6.29 Å². The summed E-state index contributed by atoms with van der Waals surface area (Å²) in [6.07, 6.45) is 0.737. The van der Waals surface area contributed by atoms with Gasteiger partial charge in [-0.3, -0.25) is 4.79 Å². The van der Waals surface area contributed by atoms with Crippen LogP contribution in [0.4, 0.5) is 4.39 Å². The Kier molecular flexibility index (Phi) is 3.77. The number of carbonyl (C=O) groups is 1. The van der Waals surface area contributed by atoms with Crippen molar-refractivity contribution in [1.82, 2.24) is 0 Å². The molecule has 0 N–H and O–H groups in total. The van der Waals surface area contributed by atoms with Gasteiger partial charge in [0.05, 0.1) is 0 Å². The maximum absolute atomic E-state index is 13.5. The standard InChI is InChI=1S/C14H10BrFO2/c1-9-2-5-13(16)14(6-9)18-11-4-3-10(8-17)12(15)7-11/h2-8H,1H3. The number of ether oxygens (including phenoxy) is 1. The SMILES string of the molecule is Cc1ccc(F)c(Oc2ccc(C=O)c(Br)c2)c1. The van der Waals surface area contributed by atoms with Gasteiger partial charge in [-0.1, -0.05) is 6.07 Å². The smallest absolute Gasteiger partial charge is 0.165 e. The lowest BCUT2D eigenvalue weighted by Gasteiger charge is -2.08. The molecule has 0 heterocycles. The summed E-state index contributed by atoms with van der Waals surface area (Å²) in [6.45, 7) is 1.86. The van der Waals surface area contributed by atoms with E-state index in [9.17, 15) is 9.18 Å². The van der Waals surface area contributed by atoms with Gasteiger partial charge in [0, 0.05) is 10.0 Å². The van der Waals surface area contributed by atoms with Gasteiger partial charge >= 0.3 is 0 Å². The molecule has 18 heavy (non-hydrogen) atoms. The first-order valence-corrected chi connectivity index (χ1v) is 6.08. The number of hydrogen-bond acceptors (Lipinski definition) is 2. The summed E-state index contributed by atoms with van der Waals surface area (Å²) < 4.78 is 19.6. The molecule has 2 nitrogen and oxygen atoms in total. The molecule has 0 saturated heterocycles. The van der Waals surface area contributed by atoms with Crippen molar-refractivity contribution in [3.63, 3.8) is 0 Å². The van der Waals surface area contributed by atoms with Gasteiger partial charge < -0.3 is 4.74 Å². The van der Waals surface area contributed by atoms with Crippen molar-refractivity contribution in [2.24, 2.45) is 0 Å². The van der Waals surface area contributed by atoms with Gasteiger partial charge in [0.1, 0.15) is 5.75 Å². The minimum atomic E-state index is -0.420. The lowest BCUT2D eigenvalue weighted by atomic mass is 10.2. The van der Waals surface area contributed by atoms with E-state index in [0.29, 0.717) is 15.8 Å². The number of hydrogen-bond donors (Lipinski definition) is 0. The van der Waals surface area contributed by atoms with E-state index in [1.807, 2.05) is 6.92 Å². The predicted molar refractivity (Wildman–Crippen MR) is 70.7 cm³/mol. The lowest BCUT2D eigenvalue weighted by molar-refractivity contribution is 0.112. The van der Waals surface area contributed by atoms with Crippen LogP contribution in [-0.2, 0) is 0 Å². The molecule has 0 aliphatic carbocycles. The molecule has 0 fully saturated rings. The number of halogens is 2. The van der Waals surface area contributed by atoms with Crippen LogP contribution in [0.15, 0.2) is 40.9 Å². The van der Waals surface area contributed by atoms with Crippen LogP contribution in [0.25, 0.3) is 0 Å². The molecule has 2 aromatic carbocycles. The van der Waals surface area contributed by atoms with Crippen molar-refractivity contribution < 1.29 is 13.9 Å². The maximum atomic E-state index is 13.5. The molecular formula is C14H10BrFO2. The molecule has 0 atom stereocenters. The summed E-state index contributed by atoms with van der Waals surface area (Å²) in [4.78, 5) is 10.7. The van der Waals surface area contributed by atoms with Gasteiger partial charge in [-0.2, -0.15) is 0 Å². The largest absolute Gasteiger partial charge is 0.454 e. The molecule has 92 valence electrons. The molecule has 0 bridgehead atoms. The van der Waals surface area contributed by atoms with Crippen molar-refractivity contribution >= 4 is 22.2 Å². The molecule has 2 aromatic rings. The normalized spacial score (nSPS) is 10.2. The van der Waals surface area contributed by atoms with Crippen molar-refractivity contribution in [2.45, 2.75) is 6.92 Å². The summed E-state index contributed by atoms with van der Waals surface area (Å²) in [5, 5.41) is 0. The molecule has 0 saturated carbocycles. The van der Waals surface area contributed by atoms with Gasteiger partial charge in [-0.25, -0.2) is 4.39 Å². The first-order chi connectivity index (χ1) is 8.60. The third-order valence-electron chi connectivity index (χ3n) is 2.41. The molecule has 0 amide bonds. The Hall–Kier alpha value is -1.68.